The van der Waals surface area contributed by atoms with E-state index in [9.17, 15) is 34.5 Å². The number of aromatic nitrogens is 1. The van der Waals surface area contributed by atoms with Crippen molar-refractivity contribution in [1.29, 1.82) is 0 Å². The highest BCUT2D eigenvalue weighted by Gasteiger charge is 2.37. The second-order valence-corrected chi connectivity index (χ2v) is 9.03. The number of ketones is 1. The number of nitrogens with zero attached hydrogens (tertiary/aromatic N) is 3. The molecule has 0 bridgehead atoms. The van der Waals surface area contributed by atoms with Crippen molar-refractivity contribution in [2.45, 2.75) is 6.54 Å². The molecule has 41 heavy (non-hydrogen) atoms. The van der Waals surface area contributed by atoms with Crippen LogP contribution in [0.1, 0.15) is 10.4 Å². The van der Waals surface area contributed by atoms with Gasteiger partial charge in [-0.25, -0.2) is 4.79 Å². The fourth-order valence-electron chi connectivity index (χ4n) is 4.07. The van der Waals surface area contributed by atoms with Gasteiger partial charge < -0.3 is 25.4 Å². The molecular formula is C28H18ClN4O8+. The van der Waals surface area contributed by atoms with E-state index in [1.54, 1.807) is 42.7 Å². The van der Waals surface area contributed by atoms with Gasteiger partial charge in [0, 0.05) is 29.0 Å². The van der Waals surface area contributed by atoms with Gasteiger partial charge in [-0.05, 0) is 12.1 Å². The van der Waals surface area contributed by atoms with E-state index in [1.807, 2.05) is 0 Å². The average Bonchev–Trinajstić information content (AvgIpc) is 2.96. The number of carbonyl (C=O) groups excluding carboxylic acids is 4. The molecule has 1 aliphatic rings. The van der Waals surface area contributed by atoms with Crippen molar-refractivity contribution in [3.05, 3.63) is 94.9 Å². The van der Waals surface area contributed by atoms with Crippen LogP contribution in [0.25, 0.3) is 10.8 Å². The molecule has 0 spiro atoms. The standard InChI is InChI=1S/C28H17ClN4O8/c29-21-23(26(38)16-7-3-2-6-15(16)25(21)37)30-27(39)22(32-31-19(35)13-33-10-4-1-5-11-33)20-24(36)17-9-8-14(34)12-18(17)41-28(20)40/h1-12H,13H2,(H3-,30,31,32,34,35,36,37,38,39,40)/p+1. The molecule has 4 N–H and O–H groups in total. The van der Waals surface area contributed by atoms with Crippen molar-refractivity contribution >= 4 is 51.6 Å². The number of fused-ring (bicyclic) bond motifs is 2. The van der Waals surface area contributed by atoms with Crippen molar-refractivity contribution in [2.75, 3.05) is 5.32 Å². The number of Topliss-reactive ketones (excluding diaryl/α,β-unsaturated/α-hetero) is 1. The molecular weight excluding hydrogens is 556 g/mol. The molecule has 204 valence electrons. The normalized spacial score (nSPS) is 14.1. The maximum atomic E-state index is 13.5. The van der Waals surface area contributed by atoms with E-state index >= 15 is 0 Å². The maximum Gasteiger partial charge on any atom is 0.350 e. The number of pyridine rings is 1. The molecule has 0 unspecified atom stereocenters. The Balaban J connectivity index is 1.59. The summed E-state index contributed by atoms with van der Waals surface area (Å²) in [5.41, 5.74) is -2.42. The lowest BCUT2D eigenvalue weighted by molar-refractivity contribution is -0.684. The minimum Gasteiger partial charge on any atom is -0.508 e. The van der Waals surface area contributed by atoms with Crippen LogP contribution in [0.15, 0.2) is 94.6 Å². The molecule has 3 aromatic carbocycles. The number of anilines is 1. The predicted molar refractivity (Wildman–Crippen MR) is 143 cm³/mol. The number of benzene rings is 3. The number of hydrogen-bond acceptors (Lipinski definition) is 9. The smallest absolute Gasteiger partial charge is 0.350 e. The van der Waals surface area contributed by atoms with Crippen LogP contribution in [-0.4, -0.2) is 38.9 Å². The Morgan fingerprint density at radius 2 is 1.59 bits per heavy atom. The van der Waals surface area contributed by atoms with Gasteiger partial charge in [-0.3, -0.25) is 14.4 Å². The molecule has 2 heterocycles. The Kier molecular flexibility index (Phi) is 7.15. The third kappa shape index (κ3) is 5.18. The molecule has 2 amide bonds. The van der Waals surface area contributed by atoms with Crippen molar-refractivity contribution in [1.82, 2.24) is 0 Å². The molecule has 1 aliphatic heterocycles. The van der Waals surface area contributed by atoms with Crippen LogP contribution >= 0.6 is 11.6 Å². The molecule has 4 aromatic rings. The number of rotatable bonds is 5. The Labute approximate surface area is 235 Å². The van der Waals surface area contributed by atoms with E-state index in [1.165, 1.54) is 28.8 Å². The molecule has 0 atom stereocenters. The third-order valence-electron chi connectivity index (χ3n) is 5.99. The Morgan fingerprint density at radius 3 is 2.29 bits per heavy atom. The molecule has 5 rings (SSSR count). The largest absolute Gasteiger partial charge is 0.508 e. The average molecular weight is 574 g/mol. The summed E-state index contributed by atoms with van der Waals surface area (Å²) in [6, 6.07) is 14.6. The lowest BCUT2D eigenvalue weighted by Gasteiger charge is -2.18. The van der Waals surface area contributed by atoms with E-state index in [0.717, 1.165) is 6.07 Å². The molecule has 0 aliphatic carbocycles. The minimum atomic E-state index is -1.31. The maximum absolute atomic E-state index is 13.5. The van der Waals surface area contributed by atoms with Crippen LogP contribution in [-0.2, 0) is 20.9 Å². The summed E-state index contributed by atoms with van der Waals surface area (Å²) in [5.74, 6) is -5.92. The minimum absolute atomic E-state index is 0.137. The number of esters is 1. The first-order valence-electron chi connectivity index (χ1n) is 11.8. The highest BCUT2D eigenvalue weighted by molar-refractivity contribution is 6.38. The zero-order valence-corrected chi connectivity index (χ0v) is 21.5. The van der Waals surface area contributed by atoms with Gasteiger partial charge in [-0.15, -0.1) is 10.2 Å². The summed E-state index contributed by atoms with van der Waals surface area (Å²) in [6.45, 7) is -0.278. The van der Waals surface area contributed by atoms with Crippen LogP contribution < -0.4 is 14.6 Å². The fourth-order valence-corrected chi connectivity index (χ4v) is 4.30. The van der Waals surface area contributed by atoms with Crippen LogP contribution in [0, 0.1) is 0 Å². The van der Waals surface area contributed by atoms with Crippen molar-refractivity contribution in [2.24, 2.45) is 10.2 Å². The number of nitrogens with one attached hydrogen (secondary N) is 1. The van der Waals surface area contributed by atoms with E-state index in [-0.39, 0.29) is 34.4 Å². The number of phenols is 3. The second-order valence-electron chi connectivity index (χ2n) is 8.65. The number of phenolic OH excluding ortho intramolecular Hbond substituents is 3. The fraction of sp³-hybridized carbons (Fsp3) is 0.0357. The Bertz CT molecular complexity index is 1840. The van der Waals surface area contributed by atoms with Gasteiger partial charge in [0.05, 0.1) is 5.56 Å². The molecule has 1 aromatic heterocycles. The number of hydrogen-bond donors (Lipinski definition) is 4. The van der Waals surface area contributed by atoms with E-state index in [4.69, 9.17) is 16.3 Å². The number of aromatic hydroxyl groups is 3. The van der Waals surface area contributed by atoms with Gasteiger partial charge in [0.25, 0.3) is 5.91 Å². The predicted octanol–water partition coefficient (Wildman–Crippen LogP) is 3.57. The molecule has 0 saturated heterocycles. The first-order valence-corrected chi connectivity index (χ1v) is 12.2. The molecule has 0 saturated carbocycles. The van der Waals surface area contributed by atoms with Gasteiger partial charge in [0.2, 0.25) is 12.3 Å². The van der Waals surface area contributed by atoms with Gasteiger partial charge in [0.15, 0.2) is 18.1 Å². The van der Waals surface area contributed by atoms with Crippen LogP contribution in [0.4, 0.5) is 5.69 Å². The molecule has 0 fully saturated rings. The summed E-state index contributed by atoms with van der Waals surface area (Å²) in [4.78, 5) is 52.2. The number of azo groups is 1. The van der Waals surface area contributed by atoms with Gasteiger partial charge in [-0.2, -0.15) is 4.57 Å². The summed E-state index contributed by atoms with van der Waals surface area (Å²) in [7, 11) is 0. The number of carbonyl (C=O) groups is 4. The molecule has 12 nitrogen and oxygen atoms in total. The van der Waals surface area contributed by atoms with Gasteiger partial charge >= 0.3 is 11.9 Å². The zero-order valence-electron chi connectivity index (χ0n) is 20.7. The van der Waals surface area contributed by atoms with E-state index in [0.29, 0.717) is 0 Å². The first kappa shape index (κ1) is 27.0. The highest BCUT2D eigenvalue weighted by Crippen LogP contribution is 2.46. The van der Waals surface area contributed by atoms with E-state index in [2.05, 4.69) is 15.5 Å². The van der Waals surface area contributed by atoms with Crippen molar-refractivity contribution < 1.29 is 43.8 Å². The van der Waals surface area contributed by atoms with Crippen LogP contribution in [0.3, 0.4) is 0 Å². The molecule has 0 radical (unpaired) electrons. The quantitative estimate of drug-likeness (QED) is 0.0409. The SMILES string of the molecule is O=C(C[n+]1ccccc1)N=N/C(C(=O)Nc1c(Cl)c(O)c2ccccc2c1O)=C1\C(=O)Oc2cc(O)ccc2C1=O. The van der Waals surface area contributed by atoms with Crippen molar-refractivity contribution in [3.8, 4) is 23.0 Å². The monoisotopic (exact) mass is 573 g/mol. The Morgan fingerprint density at radius 1 is 0.902 bits per heavy atom. The topological polar surface area (TPSA) is 179 Å². The Hall–Kier alpha value is -5.62. The van der Waals surface area contributed by atoms with Gasteiger partial charge in [-0.1, -0.05) is 41.9 Å². The second kappa shape index (κ2) is 10.9. The zero-order chi connectivity index (χ0) is 29.3. The number of amides is 2. The summed E-state index contributed by atoms with van der Waals surface area (Å²) < 4.78 is 6.62. The van der Waals surface area contributed by atoms with Crippen LogP contribution in [0.5, 0.6) is 23.0 Å². The summed E-state index contributed by atoms with van der Waals surface area (Å²) >= 11 is 6.23. The van der Waals surface area contributed by atoms with E-state index < -0.39 is 57.0 Å². The third-order valence-corrected chi connectivity index (χ3v) is 6.36. The summed E-state index contributed by atoms with van der Waals surface area (Å²) in [6.07, 6.45) is 3.18. The lowest BCUT2D eigenvalue weighted by Crippen LogP contribution is -2.36. The summed E-state index contributed by atoms with van der Waals surface area (Å²) in [5, 5.41) is 40.4. The highest BCUT2D eigenvalue weighted by atomic mass is 35.5. The number of halogens is 1. The van der Waals surface area contributed by atoms with Crippen molar-refractivity contribution in [3.63, 3.8) is 0 Å². The van der Waals surface area contributed by atoms with Gasteiger partial charge in [0.1, 0.15) is 39.3 Å². The lowest BCUT2D eigenvalue weighted by atomic mass is 9.97. The molecule has 13 heteroatoms. The van der Waals surface area contributed by atoms with Crippen LogP contribution in [0.2, 0.25) is 5.02 Å². The first-order chi connectivity index (χ1) is 19.7. The number of ether oxygens (including phenoxy) is 1.